The SMILES string of the molecule is Cl.NC[C@@H]1CN(Cc2ccc(F)c(Br)c2)C[C@H]1c1ccccc1. The van der Waals surface area contributed by atoms with Crippen LogP contribution >= 0.6 is 28.3 Å². The van der Waals surface area contributed by atoms with E-state index < -0.39 is 0 Å². The fourth-order valence-corrected chi connectivity index (χ4v) is 3.73. The lowest BCUT2D eigenvalue weighted by Crippen LogP contribution is -2.23. The van der Waals surface area contributed by atoms with Gasteiger partial charge in [0.15, 0.2) is 0 Å². The second-order valence-electron chi connectivity index (χ2n) is 5.96. The van der Waals surface area contributed by atoms with Gasteiger partial charge in [-0.1, -0.05) is 36.4 Å². The van der Waals surface area contributed by atoms with E-state index in [1.54, 1.807) is 0 Å². The minimum absolute atomic E-state index is 0. The zero-order valence-corrected chi connectivity index (χ0v) is 15.2. The van der Waals surface area contributed by atoms with E-state index >= 15 is 0 Å². The van der Waals surface area contributed by atoms with Gasteiger partial charge in [0.2, 0.25) is 0 Å². The van der Waals surface area contributed by atoms with Gasteiger partial charge in [0.25, 0.3) is 0 Å². The van der Waals surface area contributed by atoms with E-state index in [0.717, 1.165) is 25.2 Å². The molecular formula is C18H21BrClFN2. The number of likely N-dealkylation sites (tertiary alicyclic amines) is 1. The monoisotopic (exact) mass is 398 g/mol. The average Bonchev–Trinajstić information content (AvgIpc) is 2.95. The molecule has 0 bridgehead atoms. The third-order valence-electron chi connectivity index (χ3n) is 4.44. The summed E-state index contributed by atoms with van der Waals surface area (Å²) in [6.07, 6.45) is 0. The van der Waals surface area contributed by atoms with Crippen LogP contribution in [0.3, 0.4) is 0 Å². The molecule has 0 aliphatic carbocycles. The molecule has 5 heteroatoms. The lowest BCUT2D eigenvalue weighted by molar-refractivity contribution is 0.316. The van der Waals surface area contributed by atoms with Crippen molar-refractivity contribution in [2.45, 2.75) is 12.5 Å². The van der Waals surface area contributed by atoms with Crippen LogP contribution in [-0.4, -0.2) is 24.5 Å². The molecule has 0 unspecified atom stereocenters. The molecule has 1 aliphatic rings. The zero-order chi connectivity index (χ0) is 15.5. The number of nitrogens with zero attached hydrogens (tertiary/aromatic N) is 1. The number of halogens is 3. The van der Waals surface area contributed by atoms with Crippen molar-refractivity contribution < 1.29 is 4.39 Å². The van der Waals surface area contributed by atoms with Crippen LogP contribution in [0.5, 0.6) is 0 Å². The molecule has 2 N–H and O–H groups in total. The largest absolute Gasteiger partial charge is 0.330 e. The summed E-state index contributed by atoms with van der Waals surface area (Å²) in [4.78, 5) is 2.41. The Morgan fingerprint density at radius 3 is 2.52 bits per heavy atom. The first-order chi connectivity index (χ1) is 10.7. The van der Waals surface area contributed by atoms with Gasteiger partial charge in [-0.15, -0.1) is 12.4 Å². The summed E-state index contributed by atoms with van der Waals surface area (Å²) in [5.41, 5.74) is 8.46. The maximum Gasteiger partial charge on any atom is 0.137 e. The highest BCUT2D eigenvalue weighted by molar-refractivity contribution is 9.10. The van der Waals surface area contributed by atoms with Gasteiger partial charge < -0.3 is 5.73 Å². The molecule has 2 aromatic rings. The van der Waals surface area contributed by atoms with Crippen molar-refractivity contribution in [3.05, 3.63) is 69.9 Å². The second kappa shape index (κ2) is 8.25. The summed E-state index contributed by atoms with van der Waals surface area (Å²) in [5, 5.41) is 0. The molecule has 0 aromatic heterocycles. The Labute approximate surface area is 151 Å². The minimum Gasteiger partial charge on any atom is -0.330 e. The van der Waals surface area contributed by atoms with Gasteiger partial charge in [0.05, 0.1) is 4.47 Å². The van der Waals surface area contributed by atoms with E-state index in [0.29, 0.717) is 22.9 Å². The Morgan fingerprint density at radius 1 is 1.13 bits per heavy atom. The van der Waals surface area contributed by atoms with Crippen molar-refractivity contribution in [3.63, 3.8) is 0 Å². The number of benzene rings is 2. The lowest BCUT2D eigenvalue weighted by Gasteiger charge is -2.17. The van der Waals surface area contributed by atoms with Crippen LogP contribution in [0.4, 0.5) is 4.39 Å². The Kier molecular flexibility index (Phi) is 6.60. The number of nitrogens with two attached hydrogens (primary N) is 1. The van der Waals surface area contributed by atoms with E-state index in [-0.39, 0.29) is 18.2 Å². The highest BCUT2D eigenvalue weighted by atomic mass is 79.9. The summed E-state index contributed by atoms with van der Waals surface area (Å²) in [6.45, 7) is 3.52. The van der Waals surface area contributed by atoms with Crippen molar-refractivity contribution in [2.24, 2.45) is 11.7 Å². The Hall–Kier alpha value is -0.940. The summed E-state index contributed by atoms with van der Waals surface area (Å²) in [5.74, 6) is 0.744. The van der Waals surface area contributed by atoms with Crippen molar-refractivity contribution >= 4 is 28.3 Å². The van der Waals surface area contributed by atoms with Crippen molar-refractivity contribution in [2.75, 3.05) is 19.6 Å². The first kappa shape index (κ1) is 18.4. The fraction of sp³-hybridized carbons (Fsp3) is 0.333. The van der Waals surface area contributed by atoms with Crippen LogP contribution in [0.2, 0.25) is 0 Å². The summed E-state index contributed by atoms with van der Waals surface area (Å²) in [6, 6.07) is 15.8. The molecule has 23 heavy (non-hydrogen) atoms. The molecule has 2 aromatic carbocycles. The van der Waals surface area contributed by atoms with Crippen molar-refractivity contribution in [1.29, 1.82) is 0 Å². The molecule has 0 spiro atoms. The van der Waals surface area contributed by atoms with Crippen LogP contribution in [0.25, 0.3) is 0 Å². The standard InChI is InChI=1S/C18H20BrFN2.ClH/c19-17-8-13(6-7-18(17)20)10-22-11-15(9-21)16(12-22)14-4-2-1-3-5-14;/h1-8,15-16H,9-12,21H2;1H/t15-,16+;/m1./s1. The first-order valence-electron chi connectivity index (χ1n) is 7.58. The molecule has 124 valence electrons. The lowest BCUT2D eigenvalue weighted by atomic mass is 9.89. The molecule has 0 saturated carbocycles. The average molecular weight is 400 g/mol. The zero-order valence-electron chi connectivity index (χ0n) is 12.8. The van der Waals surface area contributed by atoms with E-state index in [9.17, 15) is 4.39 Å². The number of rotatable bonds is 4. The van der Waals surface area contributed by atoms with Crippen molar-refractivity contribution in [1.82, 2.24) is 4.90 Å². The molecule has 0 amide bonds. The van der Waals surface area contributed by atoms with Gasteiger partial charge in [-0.3, -0.25) is 4.90 Å². The number of hydrogen-bond acceptors (Lipinski definition) is 2. The summed E-state index contributed by atoms with van der Waals surface area (Å²) < 4.78 is 13.9. The minimum atomic E-state index is -0.216. The summed E-state index contributed by atoms with van der Waals surface area (Å²) >= 11 is 3.26. The molecule has 1 heterocycles. The fourth-order valence-electron chi connectivity index (χ4n) is 3.30. The molecular weight excluding hydrogens is 379 g/mol. The second-order valence-corrected chi connectivity index (χ2v) is 6.81. The summed E-state index contributed by atoms with van der Waals surface area (Å²) in [7, 11) is 0. The van der Waals surface area contributed by atoms with E-state index in [1.807, 2.05) is 18.2 Å². The molecule has 3 rings (SSSR count). The topological polar surface area (TPSA) is 29.3 Å². The molecule has 2 atom stereocenters. The van der Waals surface area contributed by atoms with Crippen LogP contribution in [0, 0.1) is 11.7 Å². The van der Waals surface area contributed by atoms with E-state index in [4.69, 9.17) is 5.73 Å². The normalized spacial score (nSPS) is 21.2. The van der Waals surface area contributed by atoms with Gasteiger partial charge in [0.1, 0.15) is 5.82 Å². The van der Waals surface area contributed by atoms with Gasteiger partial charge in [-0.2, -0.15) is 0 Å². The number of hydrogen-bond donors (Lipinski definition) is 1. The predicted molar refractivity (Wildman–Crippen MR) is 98.4 cm³/mol. The highest BCUT2D eigenvalue weighted by Crippen LogP contribution is 2.33. The van der Waals surface area contributed by atoms with Gasteiger partial charge in [0, 0.05) is 25.6 Å². The maximum atomic E-state index is 13.3. The van der Waals surface area contributed by atoms with Crippen LogP contribution in [0.15, 0.2) is 53.0 Å². The molecule has 1 fully saturated rings. The Morgan fingerprint density at radius 2 is 1.87 bits per heavy atom. The van der Waals surface area contributed by atoms with Crippen molar-refractivity contribution in [3.8, 4) is 0 Å². The molecule has 1 aliphatic heterocycles. The van der Waals surface area contributed by atoms with Gasteiger partial charge in [-0.05, 0) is 51.7 Å². The Bertz CT molecular complexity index is 638. The first-order valence-corrected chi connectivity index (χ1v) is 8.38. The van der Waals surface area contributed by atoms with Crippen LogP contribution in [0.1, 0.15) is 17.0 Å². The predicted octanol–water partition coefficient (Wildman–Crippen LogP) is 4.18. The molecule has 0 radical (unpaired) electrons. The third-order valence-corrected chi connectivity index (χ3v) is 5.05. The highest BCUT2D eigenvalue weighted by Gasteiger charge is 2.32. The quantitative estimate of drug-likeness (QED) is 0.835. The molecule has 1 saturated heterocycles. The third kappa shape index (κ3) is 4.32. The maximum absolute atomic E-state index is 13.3. The van der Waals surface area contributed by atoms with Crippen LogP contribution < -0.4 is 5.73 Å². The smallest absolute Gasteiger partial charge is 0.137 e. The van der Waals surface area contributed by atoms with E-state index in [2.05, 4.69) is 45.1 Å². The Balaban J connectivity index is 0.00000192. The van der Waals surface area contributed by atoms with Gasteiger partial charge >= 0.3 is 0 Å². The van der Waals surface area contributed by atoms with Gasteiger partial charge in [-0.25, -0.2) is 4.39 Å². The van der Waals surface area contributed by atoms with E-state index in [1.165, 1.54) is 11.6 Å². The van der Waals surface area contributed by atoms with Crippen LogP contribution in [-0.2, 0) is 6.54 Å². The molecule has 2 nitrogen and oxygen atoms in total.